The van der Waals surface area contributed by atoms with Crippen LogP contribution in [0.3, 0.4) is 0 Å². The van der Waals surface area contributed by atoms with E-state index in [-0.39, 0.29) is 25.0 Å². The molecular weight excluding hydrogens is 558 g/mol. The number of aromatic nitrogens is 3. The number of hydrogen-bond donors (Lipinski definition) is 8. The summed E-state index contributed by atoms with van der Waals surface area (Å²) in [6, 6.07) is 12.0. The molecule has 0 bridgehead atoms. The van der Waals surface area contributed by atoms with Gasteiger partial charge >= 0.3 is 5.97 Å². The zero-order chi connectivity index (χ0) is 30.1. The van der Waals surface area contributed by atoms with Gasteiger partial charge in [-0.3, -0.25) is 14.4 Å². The van der Waals surface area contributed by atoms with E-state index in [4.69, 9.17) is 5.73 Å². The van der Waals surface area contributed by atoms with Crippen molar-refractivity contribution in [2.45, 2.75) is 43.4 Å². The van der Waals surface area contributed by atoms with Gasteiger partial charge in [-0.1, -0.05) is 48.5 Å². The minimum absolute atomic E-state index is 0.0270. The zero-order valence-corrected chi connectivity index (χ0v) is 23.5. The van der Waals surface area contributed by atoms with Gasteiger partial charge in [-0.2, -0.15) is 12.6 Å². The molecule has 0 aliphatic rings. The average Bonchev–Trinajstić information content (AvgIpc) is 3.65. The number of hydrogen-bond acceptors (Lipinski definition) is 7. The number of carbonyl (C=O) groups excluding carboxylic acids is 3. The summed E-state index contributed by atoms with van der Waals surface area (Å²) < 4.78 is 0. The summed E-state index contributed by atoms with van der Waals surface area (Å²) in [6.07, 6.45) is 5.08. The molecule has 220 valence electrons. The fourth-order valence-electron chi connectivity index (χ4n) is 4.52. The van der Waals surface area contributed by atoms with E-state index >= 15 is 0 Å². The van der Waals surface area contributed by atoms with Crippen LogP contribution in [0, 0.1) is 0 Å². The third kappa shape index (κ3) is 7.98. The molecule has 0 spiro atoms. The number of thiol groups is 1. The van der Waals surface area contributed by atoms with E-state index in [2.05, 4.69) is 43.5 Å². The van der Waals surface area contributed by atoms with Crippen LogP contribution in [0.4, 0.5) is 0 Å². The Morgan fingerprint density at radius 1 is 0.833 bits per heavy atom. The number of carboxylic acids is 1. The number of nitrogens with zero attached hydrogens (tertiary/aromatic N) is 1. The summed E-state index contributed by atoms with van der Waals surface area (Å²) in [5.74, 6) is -3.25. The van der Waals surface area contributed by atoms with Crippen LogP contribution < -0.4 is 21.7 Å². The second-order valence-electron chi connectivity index (χ2n) is 9.85. The normalized spacial score (nSPS) is 14.0. The van der Waals surface area contributed by atoms with Crippen LogP contribution in [-0.4, -0.2) is 73.7 Å². The highest BCUT2D eigenvalue weighted by Crippen LogP contribution is 2.19. The molecule has 3 amide bonds. The van der Waals surface area contributed by atoms with E-state index < -0.39 is 47.9 Å². The van der Waals surface area contributed by atoms with Crippen LogP contribution in [0.2, 0.25) is 0 Å². The molecular formula is C29H33N7O5S. The lowest BCUT2D eigenvalue weighted by Crippen LogP contribution is -2.58. The molecule has 0 fully saturated rings. The van der Waals surface area contributed by atoms with Crippen molar-refractivity contribution in [1.29, 1.82) is 0 Å². The maximum absolute atomic E-state index is 13.4. The maximum atomic E-state index is 13.4. The molecule has 4 aromatic rings. The summed E-state index contributed by atoms with van der Waals surface area (Å²) >= 11 is 4.22. The Morgan fingerprint density at radius 3 is 2.19 bits per heavy atom. The van der Waals surface area contributed by atoms with Gasteiger partial charge in [0.2, 0.25) is 17.7 Å². The fourth-order valence-corrected chi connectivity index (χ4v) is 4.78. The Morgan fingerprint density at radius 2 is 1.50 bits per heavy atom. The molecule has 12 nitrogen and oxygen atoms in total. The molecule has 4 unspecified atom stereocenters. The molecule has 4 atom stereocenters. The number of fused-ring (bicyclic) bond motifs is 1. The number of H-pyrrole nitrogens is 2. The summed E-state index contributed by atoms with van der Waals surface area (Å²) in [4.78, 5) is 61.4. The second kappa shape index (κ2) is 14.3. The van der Waals surface area contributed by atoms with E-state index in [1.54, 1.807) is 24.5 Å². The lowest BCUT2D eigenvalue weighted by atomic mass is 10.0. The van der Waals surface area contributed by atoms with Crippen LogP contribution in [0.15, 0.2) is 73.3 Å². The Balaban J connectivity index is 1.44. The molecule has 0 aliphatic carbocycles. The van der Waals surface area contributed by atoms with Crippen molar-refractivity contribution in [3.63, 3.8) is 0 Å². The highest BCUT2D eigenvalue weighted by atomic mass is 32.1. The van der Waals surface area contributed by atoms with E-state index in [9.17, 15) is 24.3 Å². The molecule has 0 saturated carbocycles. The van der Waals surface area contributed by atoms with Gasteiger partial charge in [0.1, 0.15) is 18.1 Å². The van der Waals surface area contributed by atoms with Crippen LogP contribution in [0.5, 0.6) is 0 Å². The van der Waals surface area contributed by atoms with Crippen LogP contribution in [0.25, 0.3) is 10.9 Å². The van der Waals surface area contributed by atoms with Gasteiger partial charge in [0, 0.05) is 54.0 Å². The largest absolute Gasteiger partial charge is 0.480 e. The minimum atomic E-state index is -1.25. The molecule has 2 aromatic carbocycles. The molecule has 42 heavy (non-hydrogen) atoms. The van der Waals surface area contributed by atoms with Gasteiger partial charge < -0.3 is 36.8 Å². The van der Waals surface area contributed by atoms with E-state index in [0.29, 0.717) is 5.69 Å². The van der Waals surface area contributed by atoms with Crippen molar-refractivity contribution >= 4 is 47.2 Å². The number of aliphatic carboxylic acids is 1. The van der Waals surface area contributed by atoms with Gasteiger partial charge in [-0.15, -0.1) is 0 Å². The molecule has 2 aromatic heterocycles. The number of amides is 3. The number of imidazole rings is 1. The molecule has 0 aliphatic heterocycles. The first-order valence-corrected chi connectivity index (χ1v) is 13.9. The Bertz CT molecular complexity index is 1510. The van der Waals surface area contributed by atoms with Crippen molar-refractivity contribution in [3.05, 3.63) is 90.1 Å². The molecule has 13 heteroatoms. The third-order valence-corrected chi connectivity index (χ3v) is 7.14. The van der Waals surface area contributed by atoms with Crippen LogP contribution >= 0.6 is 12.6 Å². The van der Waals surface area contributed by atoms with Gasteiger partial charge in [-0.05, 0) is 17.2 Å². The zero-order valence-electron chi connectivity index (χ0n) is 22.6. The van der Waals surface area contributed by atoms with E-state index in [0.717, 1.165) is 22.0 Å². The average molecular weight is 592 g/mol. The van der Waals surface area contributed by atoms with Gasteiger partial charge in [0.15, 0.2) is 0 Å². The summed E-state index contributed by atoms with van der Waals surface area (Å²) in [5, 5.41) is 18.5. The fraction of sp³-hybridized carbons (Fsp3) is 0.276. The first-order valence-electron chi connectivity index (χ1n) is 13.3. The molecule has 4 rings (SSSR count). The van der Waals surface area contributed by atoms with Crippen LogP contribution in [0.1, 0.15) is 16.8 Å². The van der Waals surface area contributed by atoms with E-state index in [1.807, 2.05) is 42.5 Å². The van der Waals surface area contributed by atoms with Gasteiger partial charge in [0.05, 0.1) is 12.4 Å². The highest BCUT2D eigenvalue weighted by molar-refractivity contribution is 7.80. The van der Waals surface area contributed by atoms with Crippen molar-refractivity contribution in [1.82, 2.24) is 30.9 Å². The molecule has 0 radical (unpaired) electrons. The Kier molecular flexibility index (Phi) is 10.3. The first-order chi connectivity index (χ1) is 20.2. The summed E-state index contributed by atoms with van der Waals surface area (Å²) in [5.41, 5.74) is 9.08. The van der Waals surface area contributed by atoms with Crippen molar-refractivity contribution in [3.8, 4) is 0 Å². The smallest absolute Gasteiger partial charge is 0.326 e. The Labute approximate surface area is 247 Å². The van der Waals surface area contributed by atoms with Gasteiger partial charge in [0.25, 0.3) is 0 Å². The summed E-state index contributed by atoms with van der Waals surface area (Å²) in [7, 11) is 0. The quantitative estimate of drug-likeness (QED) is 0.0989. The van der Waals surface area contributed by atoms with Gasteiger partial charge in [-0.25, -0.2) is 9.78 Å². The Hall–Kier alpha value is -4.62. The van der Waals surface area contributed by atoms with Crippen LogP contribution in [-0.2, 0) is 38.4 Å². The SMILES string of the molecule is NC(Cc1cnc[nH]1)C(=O)NC(Cc1ccccc1)C(=O)NC(CS)C(=O)NC(Cc1c[nH]c2ccccc12)C(=O)O. The lowest BCUT2D eigenvalue weighted by Gasteiger charge is -2.24. The maximum Gasteiger partial charge on any atom is 0.326 e. The van der Waals surface area contributed by atoms with Crippen molar-refractivity contribution in [2.24, 2.45) is 5.73 Å². The third-order valence-electron chi connectivity index (χ3n) is 6.78. The van der Waals surface area contributed by atoms with E-state index in [1.165, 1.54) is 6.33 Å². The number of carbonyl (C=O) groups is 4. The number of rotatable bonds is 14. The van der Waals surface area contributed by atoms with Crippen molar-refractivity contribution in [2.75, 3.05) is 5.75 Å². The lowest BCUT2D eigenvalue weighted by molar-refractivity contribution is -0.142. The second-order valence-corrected chi connectivity index (χ2v) is 10.2. The molecule has 8 N–H and O–H groups in total. The van der Waals surface area contributed by atoms with Crippen molar-refractivity contribution < 1.29 is 24.3 Å². The highest BCUT2D eigenvalue weighted by Gasteiger charge is 2.30. The number of para-hydroxylation sites is 1. The minimum Gasteiger partial charge on any atom is -0.480 e. The number of nitrogens with one attached hydrogen (secondary N) is 5. The monoisotopic (exact) mass is 591 g/mol. The predicted octanol–water partition coefficient (Wildman–Crippen LogP) is 0.715. The molecule has 0 saturated heterocycles. The number of benzene rings is 2. The molecule has 2 heterocycles. The topological polar surface area (TPSA) is 195 Å². The number of carboxylic acid groups (broad SMARTS) is 1. The number of nitrogens with two attached hydrogens (primary N) is 1. The first kappa shape index (κ1) is 30.3. The predicted molar refractivity (Wildman–Crippen MR) is 160 cm³/mol. The number of aromatic amines is 2. The summed E-state index contributed by atoms with van der Waals surface area (Å²) in [6.45, 7) is 0. The standard InChI is InChI=1S/C29H33N7O5S/c30-21(12-19-14-31-16-33-19)26(37)34-23(10-17-6-2-1-3-7-17)27(38)36-25(15-42)28(39)35-24(29(40)41)11-18-13-32-22-9-5-4-8-20(18)22/h1-9,13-14,16,21,23-25,32,42H,10-12,15,30H2,(H,31,33)(H,34,37)(H,35,39)(H,36,38)(H,40,41).